The molecule has 4 aromatic heterocycles. The van der Waals surface area contributed by atoms with E-state index >= 15 is 0 Å². The first-order chi connectivity index (χ1) is 16.7. The molecule has 0 amide bonds. The number of unbranched alkanes of at least 4 members (excludes halogenated alkanes) is 1. The first-order valence-corrected chi connectivity index (χ1v) is 12.0. The van der Waals surface area contributed by atoms with Crippen molar-refractivity contribution in [1.29, 1.82) is 0 Å². The molecule has 5 aromatic rings. The maximum Gasteiger partial charge on any atom is 0.340 e. The van der Waals surface area contributed by atoms with Gasteiger partial charge in [0, 0.05) is 23.8 Å². The maximum atomic E-state index is 13.3. The van der Waals surface area contributed by atoms with Gasteiger partial charge in [-0.1, -0.05) is 43.7 Å². The minimum Gasteiger partial charge on any atom is -0.465 e. The molecule has 172 valence electrons. The van der Waals surface area contributed by atoms with E-state index in [0.717, 1.165) is 52.1 Å². The van der Waals surface area contributed by atoms with E-state index < -0.39 is 0 Å². The van der Waals surface area contributed by atoms with Crippen LogP contribution in [0, 0.1) is 0 Å². The van der Waals surface area contributed by atoms with Crippen molar-refractivity contribution in [1.82, 2.24) is 30.2 Å². The Morgan fingerprint density at radius 3 is 2.76 bits per heavy atom. The predicted molar refractivity (Wildman–Crippen MR) is 131 cm³/mol. The Kier molecular flexibility index (Phi) is 6.18. The van der Waals surface area contributed by atoms with Crippen molar-refractivity contribution in [3.8, 4) is 10.7 Å². The van der Waals surface area contributed by atoms with Crippen LogP contribution >= 0.6 is 11.3 Å². The average Bonchev–Trinajstić information content (AvgIpc) is 3.63. The van der Waals surface area contributed by atoms with Crippen molar-refractivity contribution in [3.05, 3.63) is 82.5 Å². The van der Waals surface area contributed by atoms with Gasteiger partial charge in [0.1, 0.15) is 5.65 Å². The largest absolute Gasteiger partial charge is 0.465 e. The maximum absolute atomic E-state index is 13.3. The average molecular weight is 473 g/mol. The molecule has 1 atom stereocenters. The normalized spacial score (nSPS) is 12.2. The molecule has 1 aromatic carbocycles. The number of carbonyl (C=O) groups excluding carboxylic acids is 1. The van der Waals surface area contributed by atoms with Crippen LogP contribution in [0.3, 0.4) is 0 Å². The van der Waals surface area contributed by atoms with Gasteiger partial charge in [0.15, 0.2) is 0 Å². The lowest BCUT2D eigenvalue weighted by atomic mass is 9.86. The number of hydrogen-bond acceptors (Lipinski definition) is 7. The van der Waals surface area contributed by atoms with E-state index in [1.807, 2.05) is 35.7 Å². The van der Waals surface area contributed by atoms with Crippen LogP contribution in [0.2, 0.25) is 0 Å². The Morgan fingerprint density at radius 1 is 1.18 bits per heavy atom. The SMILES string of the molecule is CCCCn1c(C(c2ccccc2)c2ccsc2-c2nn[nH]n2)c(C(=O)OC)c2cccnc21. The van der Waals surface area contributed by atoms with Crippen LogP contribution in [0.25, 0.3) is 21.7 Å². The number of nitrogens with one attached hydrogen (secondary N) is 1. The van der Waals surface area contributed by atoms with Gasteiger partial charge >= 0.3 is 5.97 Å². The zero-order valence-corrected chi connectivity index (χ0v) is 19.7. The van der Waals surface area contributed by atoms with Gasteiger partial charge in [-0.2, -0.15) is 5.21 Å². The fraction of sp³-hybridized carbons (Fsp3) is 0.240. The molecular weight excluding hydrogens is 448 g/mol. The summed E-state index contributed by atoms with van der Waals surface area (Å²) in [5, 5.41) is 17.6. The second-order valence-corrected chi connectivity index (χ2v) is 8.83. The summed E-state index contributed by atoms with van der Waals surface area (Å²) in [5.41, 5.74) is 4.24. The number of nitrogens with zero attached hydrogens (tertiary/aromatic N) is 5. The zero-order chi connectivity index (χ0) is 23.5. The highest BCUT2D eigenvalue weighted by molar-refractivity contribution is 7.13. The van der Waals surface area contributed by atoms with Gasteiger partial charge in [0.05, 0.1) is 23.5 Å². The lowest BCUT2D eigenvalue weighted by Crippen LogP contribution is -2.16. The summed E-state index contributed by atoms with van der Waals surface area (Å²) in [7, 11) is 1.42. The van der Waals surface area contributed by atoms with Crippen molar-refractivity contribution in [2.24, 2.45) is 0 Å². The summed E-state index contributed by atoms with van der Waals surface area (Å²) in [6.45, 7) is 2.89. The van der Waals surface area contributed by atoms with Crippen LogP contribution in [-0.2, 0) is 11.3 Å². The molecule has 0 aliphatic heterocycles. The first kappa shape index (κ1) is 22.0. The van der Waals surface area contributed by atoms with Crippen molar-refractivity contribution in [2.45, 2.75) is 32.2 Å². The number of hydrogen-bond donors (Lipinski definition) is 1. The lowest BCUT2D eigenvalue weighted by Gasteiger charge is -2.22. The molecule has 5 rings (SSSR count). The minimum atomic E-state index is -0.375. The molecule has 1 N–H and O–H groups in total. The molecule has 0 spiro atoms. The Hall–Kier alpha value is -3.85. The zero-order valence-electron chi connectivity index (χ0n) is 18.9. The minimum absolute atomic E-state index is 0.263. The molecule has 0 aliphatic carbocycles. The predicted octanol–water partition coefficient (Wildman–Crippen LogP) is 5.04. The summed E-state index contributed by atoms with van der Waals surface area (Å²) < 4.78 is 7.47. The molecule has 0 radical (unpaired) electrons. The highest BCUT2D eigenvalue weighted by Crippen LogP contribution is 2.43. The van der Waals surface area contributed by atoms with E-state index in [2.05, 4.69) is 55.3 Å². The first-order valence-electron chi connectivity index (χ1n) is 11.2. The van der Waals surface area contributed by atoms with E-state index in [0.29, 0.717) is 11.4 Å². The second kappa shape index (κ2) is 9.56. The highest BCUT2D eigenvalue weighted by Gasteiger charge is 2.33. The number of aryl methyl sites for hydroxylation is 1. The Morgan fingerprint density at radius 2 is 2.03 bits per heavy atom. The topological polar surface area (TPSA) is 98.6 Å². The number of rotatable bonds is 8. The standard InChI is InChI=1S/C25H24N6O2S/c1-3-4-14-31-21(20(25(32)33-2)18-11-8-13-26-24(18)31)19(16-9-6-5-7-10-16)17-12-15-34-22(17)23-27-29-30-28-23/h5-13,15,19H,3-4,14H2,1-2H3,(H,27,28,29,30). The summed E-state index contributed by atoms with van der Waals surface area (Å²) in [5.74, 6) is -0.110. The van der Waals surface area contributed by atoms with Crippen LogP contribution in [-0.4, -0.2) is 43.3 Å². The molecule has 0 bridgehead atoms. The van der Waals surface area contributed by atoms with Crippen LogP contribution in [0.15, 0.2) is 60.1 Å². The van der Waals surface area contributed by atoms with E-state index in [1.165, 1.54) is 7.11 Å². The third kappa shape index (κ3) is 3.77. The fourth-order valence-electron chi connectivity index (χ4n) is 4.47. The van der Waals surface area contributed by atoms with Gasteiger partial charge in [-0.3, -0.25) is 0 Å². The van der Waals surface area contributed by atoms with Gasteiger partial charge in [-0.05, 0) is 46.3 Å². The van der Waals surface area contributed by atoms with E-state index in [9.17, 15) is 4.79 Å². The number of esters is 1. The van der Waals surface area contributed by atoms with Crippen molar-refractivity contribution in [3.63, 3.8) is 0 Å². The van der Waals surface area contributed by atoms with Gasteiger partial charge in [0.2, 0.25) is 5.82 Å². The lowest BCUT2D eigenvalue weighted by molar-refractivity contribution is 0.0601. The number of H-pyrrole nitrogens is 1. The molecule has 34 heavy (non-hydrogen) atoms. The van der Waals surface area contributed by atoms with Crippen molar-refractivity contribution in [2.75, 3.05) is 7.11 Å². The van der Waals surface area contributed by atoms with E-state index in [-0.39, 0.29) is 11.9 Å². The monoisotopic (exact) mass is 472 g/mol. The number of thiophene rings is 1. The van der Waals surface area contributed by atoms with Crippen LogP contribution in [0.5, 0.6) is 0 Å². The van der Waals surface area contributed by atoms with Gasteiger partial charge in [-0.25, -0.2) is 9.78 Å². The summed E-state index contributed by atoms with van der Waals surface area (Å²) >= 11 is 1.55. The van der Waals surface area contributed by atoms with Crippen LogP contribution in [0.1, 0.15) is 52.9 Å². The number of aromatic amines is 1. The molecule has 0 saturated heterocycles. The number of carbonyl (C=O) groups is 1. The summed E-state index contributed by atoms with van der Waals surface area (Å²) in [6, 6.07) is 16.0. The molecule has 0 saturated carbocycles. The Labute approximate surface area is 200 Å². The molecule has 9 heteroatoms. The molecule has 1 unspecified atom stereocenters. The third-order valence-electron chi connectivity index (χ3n) is 5.94. The summed E-state index contributed by atoms with van der Waals surface area (Å²) in [4.78, 5) is 18.8. The molecule has 4 heterocycles. The Balaban J connectivity index is 1.86. The smallest absolute Gasteiger partial charge is 0.340 e. The van der Waals surface area contributed by atoms with E-state index in [4.69, 9.17) is 4.74 Å². The number of methoxy groups -OCH3 is 1. The van der Waals surface area contributed by atoms with Crippen molar-refractivity contribution < 1.29 is 9.53 Å². The van der Waals surface area contributed by atoms with Crippen molar-refractivity contribution >= 4 is 28.3 Å². The number of ether oxygens (including phenoxy) is 1. The molecular formula is C25H24N6O2S. The van der Waals surface area contributed by atoms with Crippen LogP contribution in [0.4, 0.5) is 0 Å². The third-order valence-corrected chi connectivity index (χ3v) is 6.87. The number of fused-ring (bicyclic) bond motifs is 1. The highest BCUT2D eigenvalue weighted by atomic mass is 32.1. The van der Waals surface area contributed by atoms with Gasteiger partial charge in [-0.15, -0.1) is 21.5 Å². The molecule has 8 nitrogen and oxygen atoms in total. The van der Waals surface area contributed by atoms with E-state index in [1.54, 1.807) is 17.5 Å². The number of aromatic nitrogens is 6. The number of tetrazole rings is 1. The number of benzene rings is 1. The second-order valence-electron chi connectivity index (χ2n) is 7.92. The van der Waals surface area contributed by atoms with Gasteiger partial charge in [0.25, 0.3) is 0 Å². The fourth-order valence-corrected chi connectivity index (χ4v) is 5.33. The molecule has 0 fully saturated rings. The summed E-state index contributed by atoms with van der Waals surface area (Å²) in [6.07, 6.45) is 3.74. The number of pyridine rings is 1. The van der Waals surface area contributed by atoms with Gasteiger partial charge < -0.3 is 9.30 Å². The quantitative estimate of drug-likeness (QED) is 0.318. The molecule has 0 aliphatic rings. The van der Waals surface area contributed by atoms with Crippen LogP contribution < -0.4 is 0 Å². The Bertz CT molecular complexity index is 1410.